The second kappa shape index (κ2) is 14.5. The molecule has 0 unspecified atom stereocenters. The van der Waals surface area contributed by atoms with Gasteiger partial charge in [0.05, 0.1) is 25.9 Å². The second-order valence-electron chi connectivity index (χ2n) is 11.3. The molecule has 0 spiro atoms. The van der Waals surface area contributed by atoms with Crippen molar-refractivity contribution >= 4 is 18.0 Å². The third-order valence-corrected chi connectivity index (χ3v) is 8.46. The normalized spacial score (nSPS) is 26.7. The topological polar surface area (TPSA) is 119 Å². The third kappa shape index (κ3) is 9.46. The first-order valence-corrected chi connectivity index (χ1v) is 14.0. The minimum atomic E-state index is -0.684. The largest absolute Gasteiger partial charge is 0.449 e. The van der Waals surface area contributed by atoms with Gasteiger partial charge in [0, 0.05) is 13.1 Å². The van der Waals surface area contributed by atoms with Crippen LogP contribution in [0.3, 0.4) is 0 Å². The van der Waals surface area contributed by atoms with Gasteiger partial charge in [-0.15, -0.1) is 0 Å². The highest BCUT2D eigenvalue weighted by Gasteiger charge is 2.33. The zero-order chi connectivity index (χ0) is 26.7. The van der Waals surface area contributed by atoms with Gasteiger partial charge in [0.1, 0.15) is 12.6 Å². The molecular weight excluding hydrogens is 472 g/mol. The van der Waals surface area contributed by atoms with E-state index in [-0.39, 0.29) is 12.5 Å². The van der Waals surface area contributed by atoms with Crippen molar-refractivity contribution in [1.29, 1.82) is 5.26 Å². The molecule has 2 heterocycles. The number of amides is 2. The highest BCUT2D eigenvalue weighted by molar-refractivity contribution is 5.95. The van der Waals surface area contributed by atoms with Gasteiger partial charge in [-0.3, -0.25) is 10.1 Å². The van der Waals surface area contributed by atoms with Crippen molar-refractivity contribution in [2.24, 2.45) is 22.2 Å². The number of ether oxygens (including phenoxy) is 2. The second-order valence-corrected chi connectivity index (χ2v) is 11.3. The van der Waals surface area contributed by atoms with E-state index in [0.29, 0.717) is 62.5 Å². The summed E-state index contributed by atoms with van der Waals surface area (Å²) in [5.41, 5.74) is 0.371. The van der Waals surface area contributed by atoms with Crippen molar-refractivity contribution in [3.63, 3.8) is 0 Å². The average molecular weight is 519 g/mol. The Morgan fingerprint density at radius 1 is 1.14 bits per heavy atom. The lowest BCUT2D eigenvalue weighted by Gasteiger charge is -2.37. The maximum Gasteiger partial charge on any atom is 0.413 e. The number of nitrogens with one attached hydrogen (secondary N) is 2. The van der Waals surface area contributed by atoms with E-state index < -0.39 is 12.1 Å². The van der Waals surface area contributed by atoms with E-state index in [9.17, 15) is 9.59 Å². The van der Waals surface area contributed by atoms with Crippen molar-refractivity contribution in [1.82, 2.24) is 20.4 Å². The van der Waals surface area contributed by atoms with Crippen LogP contribution in [0.5, 0.6) is 0 Å². The fourth-order valence-corrected chi connectivity index (χ4v) is 5.41. The summed E-state index contributed by atoms with van der Waals surface area (Å²) >= 11 is 0. The Balaban J connectivity index is 1.69. The van der Waals surface area contributed by atoms with Gasteiger partial charge < -0.3 is 24.6 Å². The van der Waals surface area contributed by atoms with Gasteiger partial charge in [-0.25, -0.2) is 9.79 Å². The van der Waals surface area contributed by atoms with Gasteiger partial charge in [0.15, 0.2) is 0 Å². The first-order valence-electron chi connectivity index (χ1n) is 14.0. The smallest absolute Gasteiger partial charge is 0.413 e. The Hall–Kier alpha value is -2.38. The van der Waals surface area contributed by atoms with Crippen LogP contribution in [-0.2, 0) is 14.3 Å². The Labute approximate surface area is 222 Å². The quantitative estimate of drug-likeness (QED) is 0.288. The van der Waals surface area contributed by atoms with Crippen LogP contribution < -0.4 is 10.6 Å². The van der Waals surface area contributed by atoms with Crippen molar-refractivity contribution < 1.29 is 19.1 Å². The first-order chi connectivity index (χ1) is 17.8. The van der Waals surface area contributed by atoms with Crippen LogP contribution in [0, 0.1) is 28.6 Å². The lowest BCUT2D eigenvalue weighted by atomic mass is 9.69. The summed E-state index contributed by atoms with van der Waals surface area (Å²) in [6.07, 6.45) is 7.62. The molecule has 3 fully saturated rings. The molecule has 0 aromatic rings. The number of hydrogen-bond acceptors (Lipinski definition) is 7. The SMILES string of the molecule is CCC1(C)CCC(C[C@H](N=C(NC(=O)OCC2CCN(C)CC2)N2CCOCC2)C(=O)NCC#N)CC1. The van der Waals surface area contributed by atoms with Crippen molar-refractivity contribution in [2.75, 3.05) is 59.6 Å². The van der Waals surface area contributed by atoms with E-state index in [2.05, 4.69) is 36.4 Å². The molecule has 37 heavy (non-hydrogen) atoms. The number of nitrogens with zero attached hydrogens (tertiary/aromatic N) is 4. The molecule has 10 heteroatoms. The van der Waals surface area contributed by atoms with Gasteiger partial charge in [0.2, 0.25) is 11.9 Å². The standard InChI is InChI=1S/C27H46N6O4/c1-4-27(2)9-5-21(6-10-27)19-23(24(34)29-12-11-28)30-25(33-15-17-36-18-16-33)31-26(35)37-20-22-7-13-32(3)14-8-22/h21-23H,4-10,12-20H2,1-3H3,(H,29,34)(H,30,31,35)/t21?,23-,27?/m0/s1. The average Bonchev–Trinajstić information content (AvgIpc) is 2.92. The fraction of sp³-hybridized carbons (Fsp3) is 0.852. The van der Waals surface area contributed by atoms with E-state index in [0.717, 1.165) is 58.0 Å². The minimum absolute atomic E-state index is 0.0671. The highest BCUT2D eigenvalue weighted by Crippen LogP contribution is 2.42. The summed E-state index contributed by atoms with van der Waals surface area (Å²) in [5, 5.41) is 14.5. The lowest BCUT2D eigenvalue weighted by Crippen LogP contribution is -2.50. The first kappa shape index (κ1) is 29.2. The number of aliphatic imine (C=N–C) groups is 1. The number of piperidine rings is 1. The number of hydrogen-bond donors (Lipinski definition) is 2. The molecule has 0 aromatic carbocycles. The predicted molar refractivity (Wildman–Crippen MR) is 142 cm³/mol. The third-order valence-electron chi connectivity index (χ3n) is 8.46. The molecule has 2 N–H and O–H groups in total. The van der Waals surface area contributed by atoms with Crippen LogP contribution in [0.1, 0.15) is 65.2 Å². The Morgan fingerprint density at radius 3 is 2.43 bits per heavy atom. The zero-order valence-corrected chi connectivity index (χ0v) is 23.0. The van der Waals surface area contributed by atoms with Crippen molar-refractivity contribution in [2.45, 2.75) is 71.3 Å². The molecule has 0 bridgehead atoms. The molecule has 3 rings (SSSR count). The molecule has 2 saturated heterocycles. The summed E-state index contributed by atoms with van der Waals surface area (Å²) in [6.45, 7) is 9.09. The van der Waals surface area contributed by atoms with Gasteiger partial charge >= 0.3 is 6.09 Å². The zero-order valence-electron chi connectivity index (χ0n) is 23.0. The number of nitriles is 1. The van der Waals surface area contributed by atoms with Gasteiger partial charge in [0.25, 0.3) is 0 Å². The molecule has 1 atom stereocenters. The van der Waals surface area contributed by atoms with Crippen LogP contribution in [0.15, 0.2) is 4.99 Å². The summed E-state index contributed by atoms with van der Waals surface area (Å²) in [4.78, 5) is 34.9. The number of morpholine rings is 1. The Kier molecular flexibility index (Phi) is 11.5. The highest BCUT2D eigenvalue weighted by atomic mass is 16.5. The maximum absolute atomic E-state index is 13.1. The molecule has 1 aliphatic carbocycles. The van der Waals surface area contributed by atoms with Gasteiger partial charge in [-0.05, 0) is 82.3 Å². The Bertz CT molecular complexity index is 806. The molecule has 2 aliphatic heterocycles. The van der Waals surface area contributed by atoms with E-state index in [1.807, 2.05) is 11.0 Å². The number of carbonyl (C=O) groups is 2. The van der Waals surface area contributed by atoms with Crippen LogP contribution in [-0.4, -0.2) is 93.4 Å². The molecule has 208 valence electrons. The van der Waals surface area contributed by atoms with E-state index >= 15 is 0 Å². The molecule has 1 saturated carbocycles. The lowest BCUT2D eigenvalue weighted by molar-refractivity contribution is -0.122. The van der Waals surface area contributed by atoms with Crippen molar-refractivity contribution in [3.05, 3.63) is 0 Å². The van der Waals surface area contributed by atoms with E-state index in [1.54, 1.807) is 0 Å². The predicted octanol–water partition coefficient (Wildman–Crippen LogP) is 2.75. The maximum atomic E-state index is 13.1. The van der Waals surface area contributed by atoms with Gasteiger partial charge in [-0.2, -0.15) is 5.26 Å². The van der Waals surface area contributed by atoms with Crippen LogP contribution in [0.2, 0.25) is 0 Å². The van der Waals surface area contributed by atoms with E-state index in [1.165, 1.54) is 0 Å². The number of guanidine groups is 1. The molecular formula is C27H46N6O4. The van der Waals surface area contributed by atoms with Crippen LogP contribution in [0.25, 0.3) is 0 Å². The Morgan fingerprint density at radius 2 is 1.81 bits per heavy atom. The fourth-order valence-electron chi connectivity index (χ4n) is 5.41. The summed E-state index contributed by atoms with van der Waals surface area (Å²) in [5.74, 6) is 0.805. The number of carbonyl (C=O) groups excluding carboxylic acids is 2. The number of rotatable bonds is 8. The summed E-state index contributed by atoms with van der Waals surface area (Å²) in [7, 11) is 2.10. The van der Waals surface area contributed by atoms with Crippen LogP contribution in [0.4, 0.5) is 4.79 Å². The van der Waals surface area contributed by atoms with E-state index in [4.69, 9.17) is 19.7 Å². The molecule has 0 aromatic heterocycles. The molecule has 3 aliphatic rings. The monoisotopic (exact) mass is 518 g/mol. The van der Waals surface area contributed by atoms with Gasteiger partial charge in [-0.1, -0.05) is 20.3 Å². The van der Waals surface area contributed by atoms with Crippen LogP contribution >= 0.6 is 0 Å². The minimum Gasteiger partial charge on any atom is -0.449 e. The molecule has 2 amide bonds. The van der Waals surface area contributed by atoms with Crippen molar-refractivity contribution in [3.8, 4) is 6.07 Å². The number of likely N-dealkylation sites (tertiary alicyclic amines) is 1. The molecule has 0 radical (unpaired) electrons. The number of alkyl carbamates (subject to hydrolysis) is 1. The summed E-state index contributed by atoms with van der Waals surface area (Å²) in [6, 6.07) is 1.29. The molecule has 10 nitrogen and oxygen atoms in total. The summed E-state index contributed by atoms with van der Waals surface area (Å²) < 4.78 is 11.1.